The Morgan fingerprint density at radius 2 is 1.79 bits per heavy atom. The summed E-state index contributed by atoms with van der Waals surface area (Å²) in [6.07, 6.45) is 8.58. The molecule has 4 saturated carbocycles. The van der Waals surface area contributed by atoms with E-state index in [9.17, 15) is 4.79 Å². The van der Waals surface area contributed by atoms with Crippen molar-refractivity contribution < 1.29 is 9.53 Å². The van der Waals surface area contributed by atoms with Crippen LogP contribution < -0.4 is 5.32 Å². The second kappa shape index (κ2) is 7.46. The quantitative estimate of drug-likeness (QED) is 0.820. The summed E-state index contributed by atoms with van der Waals surface area (Å²) in [7, 11) is 0. The average Bonchev–Trinajstić information content (AvgIpc) is 2.68. The summed E-state index contributed by atoms with van der Waals surface area (Å²) < 4.78 is 5.40. The SMILES string of the molecule is O=C(CC12C[C@H]3C[C@@H](C1)CC(c1ccccc1)(C3)C2)NCCN1CCOCC1. The molecule has 1 saturated heterocycles. The fraction of sp³-hybridized carbons (Fsp3) is 0.708. The first-order valence-corrected chi connectivity index (χ1v) is 11.3. The van der Waals surface area contributed by atoms with Crippen LogP contribution in [0.3, 0.4) is 0 Å². The Bertz CT molecular complexity index is 684. The highest BCUT2D eigenvalue weighted by Crippen LogP contribution is 2.66. The van der Waals surface area contributed by atoms with E-state index in [1.54, 1.807) is 0 Å². The van der Waals surface area contributed by atoms with Gasteiger partial charge < -0.3 is 10.1 Å². The number of rotatable bonds is 6. The van der Waals surface area contributed by atoms with Crippen LogP contribution in [0.2, 0.25) is 0 Å². The first kappa shape index (κ1) is 18.6. The summed E-state index contributed by atoms with van der Waals surface area (Å²) in [5, 5.41) is 3.24. The zero-order valence-electron chi connectivity index (χ0n) is 17.0. The van der Waals surface area contributed by atoms with Crippen molar-refractivity contribution in [2.24, 2.45) is 17.3 Å². The van der Waals surface area contributed by atoms with Crippen LogP contribution in [-0.2, 0) is 14.9 Å². The number of amides is 1. The topological polar surface area (TPSA) is 41.6 Å². The Morgan fingerprint density at radius 1 is 1.07 bits per heavy atom. The van der Waals surface area contributed by atoms with Crippen LogP contribution in [0.15, 0.2) is 30.3 Å². The summed E-state index contributed by atoms with van der Waals surface area (Å²) in [6, 6.07) is 11.2. The molecule has 6 rings (SSSR count). The normalized spacial score (nSPS) is 37.1. The number of nitrogens with zero attached hydrogens (tertiary/aromatic N) is 1. The van der Waals surface area contributed by atoms with E-state index in [1.165, 1.54) is 44.1 Å². The molecule has 1 aliphatic heterocycles. The van der Waals surface area contributed by atoms with Gasteiger partial charge >= 0.3 is 0 Å². The molecule has 4 aliphatic carbocycles. The lowest BCUT2D eigenvalue weighted by Crippen LogP contribution is -2.55. The minimum absolute atomic E-state index is 0.239. The van der Waals surface area contributed by atoms with E-state index in [0.29, 0.717) is 5.41 Å². The minimum Gasteiger partial charge on any atom is -0.379 e. The van der Waals surface area contributed by atoms with Crippen LogP contribution in [-0.4, -0.2) is 50.2 Å². The third-order valence-corrected chi connectivity index (χ3v) is 7.96. The third-order valence-electron chi connectivity index (χ3n) is 7.96. The van der Waals surface area contributed by atoms with Crippen molar-refractivity contribution in [3.63, 3.8) is 0 Å². The molecule has 1 amide bonds. The van der Waals surface area contributed by atoms with E-state index >= 15 is 0 Å². The standard InChI is InChI=1S/C24H34N2O2/c27-22(25-6-7-26-8-10-28-11-9-26)17-23-13-19-12-20(14-23)16-24(15-19,18-23)21-4-2-1-3-5-21/h1-5,19-20H,6-18H2,(H,25,27)/t19-,20+,23?,24?. The molecule has 0 radical (unpaired) electrons. The monoisotopic (exact) mass is 382 g/mol. The lowest BCUT2D eigenvalue weighted by molar-refractivity contribution is -0.131. The fourth-order valence-electron chi connectivity index (χ4n) is 7.37. The molecule has 28 heavy (non-hydrogen) atoms. The van der Waals surface area contributed by atoms with Crippen LogP contribution in [0.5, 0.6) is 0 Å². The molecule has 2 unspecified atom stereocenters. The lowest BCUT2D eigenvalue weighted by atomic mass is 9.42. The molecular formula is C24H34N2O2. The van der Waals surface area contributed by atoms with Crippen LogP contribution in [0.1, 0.15) is 50.5 Å². The van der Waals surface area contributed by atoms with Gasteiger partial charge in [0.05, 0.1) is 13.2 Å². The zero-order valence-corrected chi connectivity index (χ0v) is 17.0. The Morgan fingerprint density at radius 3 is 2.50 bits per heavy atom. The van der Waals surface area contributed by atoms with Crippen molar-refractivity contribution in [3.05, 3.63) is 35.9 Å². The van der Waals surface area contributed by atoms with Crippen molar-refractivity contribution in [3.8, 4) is 0 Å². The maximum atomic E-state index is 12.9. The van der Waals surface area contributed by atoms with E-state index in [1.807, 2.05) is 0 Å². The van der Waals surface area contributed by atoms with Crippen LogP contribution >= 0.6 is 0 Å². The number of ether oxygens (including phenoxy) is 1. The van der Waals surface area contributed by atoms with Gasteiger partial charge in [-0.25, -0.2) is 0 Å². The van der Waals surface area contributed by atoms with Gasteiger partial charge in [0.1, 0.15) is 0 Å². The average molecular weight is 383 g/mol. The molecule has 4 bridgehead atoms. The number of morpholine rings is 1. The minimum atomic E-state index is 0.239. The molecule has 1 N–H and O–H groups in total. The maximum absolute atomic E-state index is 12.9. The highest BCUT2D eigenvalue weighted by Gasteiger charge is 2.58. The van der Waals surface area contributed by atoms with E-state index in [0.717, 1.165) is 57.6 Å². The highest BCUT2D eigenvalue weighted by molar-refractivity contribution is 5.76. The van der Waals surface area contributed by atoms with Gasteiger partial charge in [-0.1, -0.05) is 30.3 Å². The van der Waals surface area contributed by atoms with Gasteiger partial charge in [0.25, 0.3) is 0 Å². The number of benzene rings is 1. The van der Waals surface area contributed by atoms with Gasteiger partial charge in [0.2, 0.25) is 5.91 Å². The number of hydrogen-bond acceptors (Lipinski definition) is 3. The highest BCUT2D eigenvalue weighted by atomic mass is 16.5. The van der Waals surface area contributed by atoms with Crippen molar-refractivity contribution >= 4 is 5.91 Å². The van der Waals surface area contributed by atoms with E-state index in [2.05, 4.69) is 40.5 Å². The van der Waals surface area contributed by atoms with Crippen molar-refractivity contribution in [1.29, 1.82) is 0 Å². The number of nitrogens with one attached hydrogen (secondary N) is 1. The first-order chi connectivity index (χ1) is 13.6. The molecule has 152 valence electrons. The van der Waals surface area contributed by atoms with E-state index < -0.39 is 0 Å². The molecule has 5 aliphatic rings. The molecule has 1 aromatic carbocycles. The molecule has 0 spiro atoms. The summed E-state index contributed by atoms with van der Waals surface area (Å²) in [6.45, 7) is 5.33. The van der Waals surface area contributed by atoms with Crippen LogP contribution in [0.25, 0.3) is 0 Å². The number of carbonyl (C=O) groups is 1. The summed E-state index contributed by atoms with van der Waals surface area (Å²) in [4.78, 5) is 15.2. The Kier molecular flexibility index (Phi) is 4.96. The van der Waals surface area contributed by atoms with Gasteiger partial charge in [0.15, 0.2) is 0 Å². The molecule has 1 heterocycles. The predicted octanol–water partition coefficient (Wildman–Crippen LogP) is 3.36. The fourth-order valence-corrected chi connectivity index (χ4v) is 7.37. The predicted molar refractivity (Wildman–Crippen MR) is 110 cm³/mol. The Hall–Kier alpha value is -1.39. The first-order valence-electron chi connectivity index (χ1n) is 11.3. The molecular weight excluding hydrogens is 348 g/mol. The maximum Gasteiger partial charge on any atom is 0.220 e. The smallest absolute Gasteiger partial charge is 0.220 e. The van der Waals surface area contributed by atoms with E-state index in [-0.39, 0.29) is 11.3 Å². The van der Waals surface area contributed by atoms with Crippen molar-refractivity contribution in [2.75, 3.05) is 39.4 Å². The largest absolute Gasteiger partial charge is 0.379 e. The molecule has 4 nitrogen and oxygen atoms in total. The summed E-state index contributed by atoms with van der Waals surface area (Å²) >= 11 is 0. The van der Waals surface area contributed by atoms with Gasteiger partial charge in [-0.15, -0.1) is 0 Å². The van der Waals surface area contributed by atoms with Gasteiger partial charge in [-0.2, -0.15) is 0 Å². The zero-order chi connectivity index (χ0) is 19.0. The number of carbonyl (C=O) groups excluding carboxylic acids is 1. The molecule has 4 heteroatoms. The van der Waals surface area contributed by atoms with Crippen molar-refractivity contribution in [2.45, 2.75) is 50.4 Å². The molecule has 1 aromatic rings. The van der Waals surface area contributed by atoms with Crippen molar-refractivity contribution in [1.82, 2.24) is 10.2 Å². The molecule has 5 fully saturated rings. The summed E-state index contributed by atoms with van der Waals surface area (Å²) in [5.74, 6) is 1.92. The van der Waals surface area contributed by atoms with Gasteiger partial charge in [-0.05, 0) is 66.8 Å². The van der Waals surface area contributed by atoms with Gasteiger partial charge in [0, 0.05) is 32.6 Å². The molecule has 4 atom stereocenters. The second-order valence-electron chi connectivity index (χ2n) is 10.1. The lowest BCUT2D eigenvalue weighted by Gasteiger charge is -2.62. The number of hydrogen-bond donors (Lipinski definition) is 1. The third kappa shape index (κ3) is 3.61. The van der Waals surface area contributed by atoms with Gasteiger partial charge in [-0.3, -0.25) is 9.69 Å². The van der Waals surface area contributed by atoms with Crippen LogP contribution in [0.4, 0.5) is 0 Å². The van der Waals surface area contributed by atoms with E-state index in [4.69, 9.17) is 4.74 Å². The molecule has 0 aromatic heterocycles. The van der Waals surface area contributed by atoms with Crippen LogP contribution in [0, 0.1) is 17.3 Å². The Labute approximate surface area is 169 Å². The second-order valence-corrected chi connectivity index (χ2v) is 10.1. The Balaban J connectivity index is 1.23. The summed E-state index contributed by atoms with van der Waals surface area (Å²) in [5.41, 5.74) is 2.10.